The second-order valence-electron chi connectivity index (χ2n) is 3.01. The fraction of sp³-hybridized carbons (Fsp3) is 0.455. The normalized spacial score (nSPS) is 19.7. The highest BCUT2D eigenvalue weighted by molar-refractivity contribution is 5.55. The lowest BCUT2D eigenvalue weighted by Crippen LogP contribution is -2.10. The maximum Gasteiger partial charge on any atom is 0.231 e. The Labute approximate surface area is 96.2 Å². The Kier molecular flexibility index (Phi) is 1.64. The summed E-state index contributed by atoms with van der Waals surface area (Å²) in [6, 6.07) is 3.22. The van der Waals surface area contributed by atoms with Crippen molar-refractivity contribution in [3.05, 3.63) is 17.7 Å². The molecular weight excluding hydrogens is 194 g/mol. The first-order valence-electron chi connectivity index (χ1n) is 6.96. The molecule has 1 N–H and O–H groups in total. The minimum atomic E-state index is -2.55. The first-order valence-corrected chi connectivity index (χ1v) is 4.46. The number of nitrogens with one attached hydrogen (secondary N) is 1. The van der Waals surface area contributed by atoms with Gasteiger partial charge in [-0.2, -0.15) is 0 Å². The second kappa shape index (κ2) is 4.40. The molecule has 0 atom stereocenters. The zero-order valence-corrected chi connectivity index (χ0v) is 8.29. The number of aryl methyl sites for hydroxylation is 1. The van der Waals surface area contributed by atoms with E-state index in [4.69, 9.17) is 21.1 Å². The molecule has 1 aromatic carbocycles. The van der Waals surface area contributed by atoms with Crippen LogP contribution in [0.25, 0.3) is 0 Å². The predicted octanol–water partition coefficient (Wildman–Crippen LogP) is 1.19. The SMILES string of the molecule is [2H]C([2H])([2H])NC([2H])([2H])Cc1cc(OC)c2c(c1)OCO2. The molecule has 0 aliphatic carbocycles. The number of ether oxygens (including phenoxy) is 3. The molecule has 15 heavy (non-hydrogen) atoms. The molecule has 0 fully saturated rings. The average Bonchev–Trinajstić information content (AvgIpc) is 2.71. The van der Waals surface area contributed by atoms with E-state index in [9.17, 15) is 0 Å². The molecule has 1 aromatic rings. The van der Waals surface area contributed by atoms with Crippen LogP contribution in [-0.4, -0.2) is 27.4 Å². The summed E-state index contributed by atoms with van der Waals surface area (Å²) in [6.07, 6.45) is -0.140. The van der Waals surface area contributed by atoms with Crippen LogP contribution in [0.15, 0.2) is 12.1 Å². The third kappa shape index (κ3) is 1.99. The fourth-order valence-electron chi connectivity index (χ4n) is 1.43. The summed E-state index contributed by atoms with van der Waals surface area (Å²) in [5, 5.41) is 1.97. The van der Waals surface area contributed by atoms with E-state index in [1.165, 1.54) is 7.11 Å². The van der Waals surface area contributed by atoms with E-state index in [1.54, 1.807) is 12.1 Å². The lowest BCUT2D eigenvalue weighted by atomic mass is 10.1. The molecule has 0 saturated heterocycles. The van der Waals surface area contributed by atoms with E-state index in [2.05, 4.69) is 0 Å². The van der Waals surface area contributed by atoms with Crippen molar-refractivity contribution in [3.63, 3.8) is 0 Å². The van der Waals surface area contributed by atoms with Gasteiger partial charge in [-0.25, -0.2) is 0 Å². The predicted molar refractivity (Wildman–Crippen MR) is 56.7 cm³/mol. The Bertz CT molecular complexity index is 504. The maximum atomic E-state index is 7.73. The topological polar surface area (TPSA) is 39.7 Å². The van der Waals surface area contributed by atoms with Crippen LogP contribution in [0.4, 0.5) is 0 Å². The highest BCUT2D eigenvalue weighted by Gasteiger charge is 2.19. The summed E-state index contributed by atoms with van der Waals surface area (Å²) >= 11 is 0. The van der Waals surface area contributed by atoms with Gasteiger partial charge in [-0.1, -0.05) is 0 Å². The Morgan fingerprint density at radius 3 is 3.33 bits per heavy atom. The molecule has 0 aromatic heterocycles. The van der Waals surface area contributed by atoms with E-state index in [0.717, 1.165) is 0 Å². The molecule has 4 heteroatoms. The van der Waals surface area contributed by atoms with Gasteiger partial charge in [-0.05, 0) is 37.6 Å². The van der Waals surface area contributed by atoms with Crippen molar-refractivity contribution >= 4 is 0 Å². The fourth-order valence-corrected chi connectivity index (χ4v) is 1.43. The van der Waals surface area contributed by atoms with E-state index >= 15 is 0 Å². The van der Waals surface area contributed by atoms with Gasteiger partial charge in [0.05, 0.1) is 7.11 Å². The minimum Gasteiger partial charge on any atom is -0.493 e. The number of methoxy groups -OCH3 is 1. The van der Waals surface area contributed by atoms with Crippen molar-refractivity contribution < 1.29 is 21.1 Å². The first kappa shape index (κ1) is 5.61. The van der Waals surface area contributed by atoms with Gasteiger partial charge in [0.1, 0.15) is 0 Å². The van der Waals surface area contributed by atoms with Crippen molar-refractivity contribution in [1.82, 2.24) is 5.32 Å². The smallest absolute Gasteiger partial charge is 0.231 e. The van der Waals surface area contributed by atoms with Crippen molar-refractivity contribution in [2.24, 2.45) is 0 Å². The molecule has 0 radical (unpaired) electrons. The van der Waals surface area contributed by atoms with Crippen LogP contribution in [-0.2, 0) is 6.42 Å². The molecule has 0 spiro atoms. The lowest BCUT2D eigenvalue weighted by Gasteiger charge is -2.07. The van der Waals surface area contributed by atoms with E-state index in [0.29, 0.717) is 22.8 Å². The van der Waals surface area contributed by atoms with Crippen LogP contribution >= 0.6 is 0 Å². The van der Waals surface area contributed by atoms with Gasteiger partial charge in [0.25, 0.3) is 0 Å². The van der Waals surface area contributed by atoms with Crippen LogP contribution in [0.2, 0.25) is 0 Å². The Morgan fingerprint density at radius 1 is 1.60 bits per heavy atom. The highest BCUT2D eigenvalue weighted by atomic mass is 16.7. The lowest BCUT2D eigenvalue weighted by molar-refractivity contribution is 0.171. The number of benzene rings is 1. The number of hydrogen-bond acceptors (Lipinski definition) is 4. The quantitative estimate of drug-likeness (QED) is 0.817. The number of fused-ring (bicyclic) bond motifs is 1. The molecule has 0 saturated carbocycles. The molecule has 1 aliphatic heterocycles. The van der Waals surface area contributed by atoms with E-state index in [-0.39, 0.29) is 13.2 Å². The van der Waals surface area contributed by atoms with Gasteiger partial charge in [-0.15, -0.1) is 0 Å². The second-order valence-corrected chi connectivity index (χ2v) is 3.01. The van der Waals surface area contributed by atoms with Gasteiger partial charge in [0, 0.05) is 6.85 Å². The molecular formula is C11H15NO3. The number of likely N-dealkylation sites (N-methyl/N-ethyl adjacent to an activating group) is 1. The molecule has 4 nitrogen and oxygen atoms in total. The van der Waals surface area contributed by atoms with Gasteiger partial charge in [0.15, 0.2) is 11.5 Å². The average molecular weight is 214 g/mol. The largest absolute Gasteiger partial charge is 0.493 e. The minimum absolute atomic E-state index is 0.0789. The van der Waals surface area contributed by atoms with Crippen LogP contribution in [0.1, 0.15) is 12.4 Å². The molecule has 0 bridgehead atoms. The van der Waals surface area contributed by atoms with Gasteiger partial charge >= 0.3 is 0 Å². The standard InChI is InChI=1S/C11H15NO3/c1-12-4-3-8-5-9(13-2)11-10(6-8)14-7-15-11/h5-6,12H,3-4,7H2,1-2H3/i1D3,4D2. The van der Waals surface area contributed by atoms with Gasteiger partial charge in [0.2, 0.25) is 12.5 Å². The summed E-state index contributed by atoms with van der Waals surface area (Å²) in [6.45, 7) is -4.55. The Balaban J connectivity index is 2.22. The summed E-state index contributed by atoms with van der Waals surface area (Å²) in [4.78, 5) is 0. The molecule has 1 heterocycles. The molecule has 0 unspecified atom stereocenters. The van der Waals surface area contributed by atoms with Gasteiger partial charge in [-0.3, -0.25) is 0 Å². The number of hydrogen-bond donors (Lipinski definition) is 1. The number of rotatable bonds is 4. The summed E-state index contributed by atoms with van der Waals surface area (Å²) in [5.41, 5.74) is 0.549. The van der Waals surface area contributed by atoms with Crippen LogP contribution < -0.4 is 19.5 Å². The van der Waals surface area contributed by atoms with Crippen molar-refractivity contribution in [2.45, 2.75) is 6.42 Å². The third-order valence-corrected chi connectivity index (χ3v) is 2.10. The summed E-state index contributed by atoms with van der Waals surface area (Å²) in [5.74, 6) is 1.37. The van der Waals surface area contributed by atoms with Crippen LogP contribution in [0.5, 0.6) is 17.2 Å². The van der Waals surface area contributed by atoms with E-state index in [1.807, 2.05) is 5.32 Å². The van der Waals surface area contributed by atoms with Crippen LogP contribution in [0.3, 0.4) is 0 Å². The van der Waals surface area contributed by atoms with Crippen molar-refractivity contribution in [1.29, 1.82) is 0 Å². The monoisotopic (exact) mass is 214 g/mol. The summed E-state index contributed by atoms with van der Waals surface area (Å²) in [7, 11) is 1.47. The first-order chi connectivity index (χ1) is 9.20. The van der Waals surface area contributed by atoms with Crippen molar-refractivity contribution in [2.75, 3.05) is 27.4 Å². The van der Waals surface area contributed by atoms with Gasteiger partial charge < -0.3 is 19.5 Å². The molecule has 0 amide bonds. The molecule has 1 aliphatic rings. The maximum absolute atomic E-state index is 7.73. The van der Waals surface area contributed by atoms with Crippen LogP contribution in [0, 0.1) is 0 Å². The zero-order valence-electron chi connectivity index (χ0n) is 13.3. The van der Waals surface area contributed by atoms with E-state index < -0.39 is 13.5 Å². The molecule has 82 valence electrons. The zero-order chi connectivity index (χ0) is 15.0. The molecule has 2 rings (SSSR count). The Morgan fingerprint density at radius 2 is 2.53 bits per heavy atom. The highest BCUT2D eigenvalue weighted by Crippen LogP contribution is 2.41. The third-order valence-electron chi connectivity index (χ3n) is 2.10. The Hall–Kier alpha value is -1.42. The van der Waals surface area contributed by atoms with Crippen molar-refractivity contribution in [3.8, 4) is 17.2 Å². The summed E-state index contributed by atoms with van der Waals surface area (Å²) < 4.78 is 52.3.